The van der Waals surface area contributed by atoms with Crippen LogP contribution >= 0.6 is 0 Å². The molecule has 0 aliphatic rings. The second kappa shape index (κ2) is 11.0. The minimum absolute atomic E-state index is 0.232. The number of rotatable bonds is 10. The molecule has 4 aromatic rings. The van der Waals surface area contributed by atoms with Gasteiger partial charge in [-0.05, 0) is 18.2 Å². The number of methoxy groups -OCH3 is 3. The zero-order valence-corrected chi connectivity index (χ0v) is 21.0. The van der Waals surface area contributed by atoms with Gasteiger partial charge in [-0.15, -0.1) is 0 Å². The van der Waals surface area contributed by atoms with Crippen LogP contribution < -0.4 is 14.4 Å². The smallest absolute Gasteiger partial charge is 0.303 e. The Balaban J connectivity index is 1.81. The Kier molecular flexibility index (Phi) is 7.65. The molecule has 0 spiro atoms. The fourth-order valence-electron chi connectivity index (χ4n) is 3.92. The summed E-state index contributed by atoms with van der Waals surface area (Å²) in [6.07, 6.45) is 4.86. The molecule has 0 amide bonds. The molecule has 0 aliphatic carbocycles. The van der Waals surface area contributed by atoms with Crippen molar-refractivity contribution >= 4 is 28.4 Å². The topological polar surface area (TPSA) is 101 Å². The number of ether oxygens (including phenoxy) is 4. The fourth-order valence-corrected chi connectivity index (χ4v) is 3.92. The number of nitrogens with zero attached hydrogens (tertiary/aromatic N) is 5. The van der Waals surface area contributed by atoms with Crippen molar-refractivity contribution in [2.75, 3.05) is 39.4 Å². The first-order valence-electron chi connectivity index (χ1n) is 11.3. The van der Waals surface area contributed by atoms with Crippen molar-refractivity contribution in [2.24, 2.45) is 7.05 Å². The van der Waals surface area contributed by atoms with E-state index in [9.17, 15) is 4.79 Å². The highest BCUT2D eigenvalue weighted by molar-refractivity contribution is 5.82. The first kappa shape index (κ1) is 24.9. The number of carbonyl (C=O) groups excluding carboxylic acids is 1. The largest absolute Gasteiger partial charge is 0.497 e. The molecule has 1 unspecified atom stereocenters. The summed E-state index contributed by atoms with van der Waals surface area (Å²) >= 11 is 0. The van der Waals surface area contributed by atoms with E-state index in [1.54, 1.807) is 44.5 Å². The number of fused-ring (bicyclic) bond motifs is 1. The maximum atomic E-state index is 11.8. The third-order valence-electron chi connectivity index (χ3n) is 5.56. The van der Waals surface area contributed by atoms with Crippen LogP contribution in [-0.2, 0) is 21.3 Å². The summed E-state index contributed by atoms with van der Waals surface area (Å²) in [4.78, 5) is 23.2. The van der Waals surface area contributed by atoms with Crippen LogP contribution in [0.15, 0.2) is 55.0 Å². The van der Waals surface area contributed by atoms with Crippen LogP contribution in [0.1, 0.15) is 6.92 Å². The maximum Gasteiger partial charge on any atom is 0.303 e. The average Bonchev–Trinajstić information content (AvgIpc) is 3.32. The lowest BCUT2D eigenvalue weighted by molar-refractivity contribution is -0.148. The Morgan fingerprint density at radius 2 is 1.75 bits per heavy atom. The molecule has 0 aliphatic heterocycles. The number of anilines is 2. The van der Waals surface area contributed by atoms with Crippen LogP contribution in [0.5, 0.6) is 11.5 Å². The molecule has 0 radical (unpaired) electrons. The zero-order chi connectivity index (χ0) is 25.7. The normalized spacial score (nSPS) is 11.8. The standard InChI is InChI=1S/C26H29N5O5/c1-17(32)36-23(16-33-3)15-31(20-8-21(34-4)11-22(9-20)35-5)19-6-7-24-25(10-19)29-26(13-27-24)18-12-28-30(2)14-18/h6-14,23H,15-16H2,1-5H3. The fraction of sp³-hybridized carbons (Fsp3) is 0.308. The second-order valence-corrected chi connectivity index (χ2v) is 8.20. The molecular formula is C26H29N5O5. The molecule has 188 valence electrons. The van der Waals surface area contributed by atoms with Crippen molar-refractivity contribution in [3.8, 4) is 22.8 Å². The molecule has 0 N–H and O–H groups in total. The predicted molar refractivity (Wildman–Crippen MR) is 136 cm³/mol. The minimum Gasteiger partial charge on any atom is -0.497 e. The van der Waals surface area contributed by atoms with E-state index < -0.39 is 6.10 Å². The van der Waals surface area contributed by atoms with Gasteiger partial charge < -0.3 is 23.8 Å². The molecule has 0 bridgehead atoms. The maximum absolute atomic E-state index is 11.8. The van der Waals surface area contributed by atoms with Gasteiger partial charge in [-0.2, -0.15) is 5.10 Å². The first-order chi connectivity index (χ1) is 17.4. The minimum atomic E-state index is -0.520. The Morgan fingerprint density at radius 3 is 2.36 bits per heavy atom. The number of hydrogen-bond acceptors (Lipinski definition) is 9. The van der Waals surface area contributed by atoms with E-state index in [2.05, 4.69) is 10.1 Å². The lowest BCUT2D eigenvalue weighted by Gasteiger charge is -2.29. The number of hydrogen-bond donors (Lipinski definition) is 0. The van der Waals surface area contributed by atoms with E-state index in [0.717, 1.165) is 28.1 Å². The monoisotopic (exact) mass is 491 g/mol. The zero-order valence-electron chi connectivity index (χ0n) is 21.0. The quantitative estimate of drug-likeness (QED) is 0.307. The summed E-state index contributed by atoms with van der Waals surface area (Å²) in [6.45, 7) is 1.94. The summed E-state index contributed by atoms with van der Waals surface area (Å²) in [5, 5.41) is 4.23. The summed E-state index contributed by atoms with van der Waals surface area (Å²) in [7, 11) is 6.62. The third kappa shape index (κ3) is 5.72. The van der Waals surface area contributed by atoms with Gasteiger partial charge in [-0.3, -0.25) is 14.5 Å². The lowest BCUT2D eigenvalue weighted by Crippen LogP contribution is -2.35. The van der Waals surface area contributed by atoms with Gasteiger partial charge in [0.15, 0.2) is 0 Å². The highest BCUT2D eigenvalue weighted by Gasteiger charge is 2.21. The first-order valence-corrected chi connectivity index (χ1v) is 11.3. The van der Waals surface area contributed by atoms with Gasteiger partial charge in [0.05, 0.1) is 56.5 Å². The van der Waals surface area contributed by atoms with Crippen molar-refractivity contribution in [1.29, 1.82) is 0 Å². The molecule has 2 aromatic heterocycles. The third-order valence-corrected chi connectivity index (χ3v) is 5.56. The van der Waals surface area contributed by atoms with Gasteiger partial charge in [0.2, 0.25) is 0 Å². The van der Waals surface area contributed by atoms with E-state index >= 15 is 0 Å². The Bertz CT molecular complexity index is 1330. The SMILES string of the molecule is COCC(CN(c1cc(OC)cc(OC)c1)c1ccc2ncc(-c3cnn(C)c3)nc2c1)OC(C)=O. The molecule has 0 saturated heterocycles. The molecule has 2 heterocycles. The second-order valence-electron chi connectivity index (χ2n) is 8.20. The van der Waals surface area contributed by atoms with Crippen LogP contribution in [-0.4, -0.2) is 66.3 Å². The van der Waals surface area contributed by atoms with Crippen molar-refractivity contribution in [2.45, 2.75) is 13.0 Å². The lowest BCUT2D eigenvalue weighted by atomic mass is 10.1. The van der Waals surface area contributed by atoms with Crippen molar-refractivity contribution in [3.05, 3.63) is 55.0 Å². The highest BCUT2D eigenvalue weighted by Crippen LogP contribution is 2.34. The number of carbonyl (C=O) groups is 1. The van der Waals surface area contributed by atoms with Crippen LogP contribution in [0.25, 0.3) is 22.3 Å². The van der Waals surface area contributed by atoms with E-state index in [1.165, 1.54) is 6.92 Å². The van der Waals surface area contributed by atoms with E-state index in [0.29, 0.717) is 23.6 Å². The van der Waals surface area contributed by atoms with Gasteiger partial charge in [-0.25, -0.2) is 4.98 Å². The Morgan fingerprint density at radius 1 is 1.00 bits per heavy atom. The summed E-state index contributed by atoms with van der Waals surface area (Å²) in [5.74, 6) is 0.875. The van der Waals surface area contributed by atoms with E-state index in [4.69, 9.17) is 23.9 Å². The number of esters is 1. The number of aromatic nitrogens is 4. The molecule has 1 atom stereocenters. The molecule has 0 saturated carbocycles. The Labute approximate surface area is 209 Å². The van der Waals surface area contributed by atoms with Crippen molar-refractivity contribution in [1.82, 2.24) is 19.7 Å². The molecule has 36 heavy (non-hydrogen) atoms. The Hall–Kier alpha value is -4.18. The van der Waals surface area contributed by atoms with E-state index in [1.807, 2.05) is 48.5 Å². The summed E-state index contributed by atoms with van der Waals surface area (Å²) in [6, 6.07) is 11.4. The summed E-state index contributed by atoms with van der Waals surface area (Å²) in [5.41, 5.74) is 4.67. The molecular weight excluding hydrogens is 462 g/mol. The predicted octanol–water partition coefficient (Wildman–Crippen LogP) is 3.76. The van der Waals surface area contributed by atoms with Crippen molar-refractivity contribution in [3.63, 3.8) is 0 Å². The average molecular weight is 492 g/mol. The van der Waals surface area contributed by atoms with E-state index in [-0.39, 0.29) is 12.6 Å². The number of aryl methyl sites for hydroxylation is 1. The highest BCUT2D eigenvalue weighted by atomic mass is 16.6. The van der Waals surface area contributed by atoms with Crippen LogP contribution in [0.3, 0.4) is 0 Å². The number of benzene rings is 2. The van der Waals surface area contributed by atoms with Gasteiger partial charge in [0, 0.05) is 62.4 Å². The molecule has 0 fully saturated rings. The van der Waals surface area contributed by atoms with Crippen LogP contribution in [0.2, 0.25) is 0 Å². The molecule has 10 heteroatoms. The summed E-state index contributed by atoms with van der Waals surface area (Å²) < 4.78 is 23.6. The van der Waals surface area contributed by atoms with Gasteiger partial charge >= 0.3 is 5.97 Å². The van der Waals surface area contributed by atoms with Gasteiger partial charge in [0.25, 0.3) is 0 Å². The van der Waals surface area contributed by atoms with Gasteiger partial charge in [-0.1, -0.05) is 0 Å². The van der Waals surface area contributed by atoms with Crippen molar-refractivity contribution < 1.29 is 23.7 Å². The van der Waals surface area contributed by atoms with Crippen LogP contribution in [0, 0.1) is 0 Å². The molecule has 2 aromatic carbocycles. The molecule has 10 nitrogen and oxygen atoms in total. The van der Waals surface area contributed by atoms with Crippen LogP contribution in [0.4, 0.5) is 11.4 Å². The van der Waals surface area contributed by atoms with Gasteiger partial charge in [0.1, 0.15) is 17.6 Å². The molecule has 4 rings (SSSR count).